The third-order valence-electron chi connectivity index (χ3n) is 5.78. The Morgan fingerprint density at radius 2 is 1.68 bits per heavy atom. The largest absolute Gasteiger partial charge is 0.373 e. The van der Waals surface area contributed by atoms with Gasteiger partial charge in [-0.2, -0.15) is 0 Å². The summed E-state index contributed by atoms with van der Waals surface area (Å²) in [6.45, 7) is 22.6. The Kier molecular flexibility index (Phi) is 6.24. The summed E-state index contributed by atoms with van der Waals surface area (Å²) in [6.07, 6.45) is 0.769. The number of piperazine rings is 1. The quantitative estimate of drug-likeness (QED) is 0.768. The second-order valence-electron chi connectivity index (χ2n) is 11.2. The molecule has 0 aliphatic carbocycles. The maximum absolute atomic E-state index is 6.78. The van der Waals surface area contributed by atoms with E-state index in [9.17, 15) is 0 Å². The number of hydrogen-bond acceptors (Lipinski definition) is 6. The molecular formula is C22H42N2O4. The van der Waals surface area contributed by atoms with Crippen molar-refractivity contribution in [2.24, 2.45) is 0 Å². The van der Waals surface area contributed by atoms with Gasteiger partial charge in [-0.3, -0.25) is 4.90 Å². The molecule has 0 spiro atoms. The van der Waals surface area contributed by atoms with Gasteiger partial charge in [0.25, 0.3) is 0 Å². The first-order valence-corrected chi connectivity index (χ1v) is 10.9. The van der Waals surface area contributed by atoms with Gasteiger partial charge < -0.3 is 24.3 Å². The van der Waals surface area contributed by atoms with Crippen molar-refractivity contribution in [2.45, 2.75) is 103 Å². The van der Waals surface area contributed by atoms with Crippen LogP contribution in [0, 0.1) is 0 Å². The van der Waals surface area contributed by atoms with Crippen molar-refractivity contribution >= 4 is 0 Å². The summed E-state index contributed by atoms with van der Waals surface area (Å²) >= 11 is 0. The molecule has 0 aromatic heterocycles. The van der Waals surface area contributed by atoms with Crippen molar-refractivity contribution in [3.63, 3.8) is 0 Å². The monoisotopic (exact) mass is 398 g/mol. The zero-order valence-corrected chi connectivity index (χ0v) is 19.3. The summed E-state index contributed by atoms with van der Waals surface area (Å²) in [6, 6.07) is 0. The molecule has 0 aromatic rings. The molecular weight excluding hydrogens is 356 g/mol. The Hall–Kier alpha value is -0.240. The lowest BCUT2D eigenvalue weighted by Crippen LogP contribution is -2.54. The molecule has 1 N–H and O–H groups in total. The predicted molar refractivity (Wildman–Crippen MR) is 111 cm³/mol. The fourth-order valence-electron chi connectivity index (χ4n) is 4.92. The number of nitrogens with zero attached hydrogens (tertiary/aromatic N) is 1. The Bertz CT molecular complexity index is 534. The maximum atomic E-state index is 6.78. The molecule has 3 aliphatic rings. The first kappa shape index (κ1) is 22.4. The SMILES string of the molecule is CC(C)(C)OC[C@H]1OC(C)(C)C2O[C@@H](CN3CCNCC3)C[C@@]21OC(C)(C)C. The minimum absolute atomic E-state index is 0.0966. The Balaban J connectivity index is 1.81. The highest BCUT2D eigenvalue weighted by atomic mass is 16.7. The lowest BCUT2D eigenvalue weighted by atomic mass is 9.83. The topological polar surface area (TPSA) is 52.2 Å². The number of ether oxygens (including phenoxy) is 4. The summed E-state index contributed by atoms with van der Waals surface area (Å²) in [5.74, 6) is 0. The maximum Gasteiger partial charge on any atom is 0.129 e. The van der Waals surface area contributed by atoms with Gasteiger partial charge in [-0.15, -0.1) is 0 Å². The molecule has 3 aliphatic heterocycles. The molecule has 28 heavy (non-hydrogen) atoms. The van der Waals surface area contributed by atoms with Crippen LogP contribution in [0.1, 0.15) is 61.8 Å². The highest BCUT2D eigenvalue weighted by Crippen LogP contribution is 2.52. The average molecular weight is 399 g/mol. The van der Waals surface area contributed by atoms with E-state index in [-0.39, 0.29) is 29.5 Å². The second kappa shape index (κ2) is 7.78. The van der Waals surface area contributed by atoms with E-state index < -0.39 is 11.2 Å². The molecule has 3 rings (SSSR count). The van der Waals surface area contributed by atoms with Gasteiger partial charge in [-0.1, -0.05) is 0 Å². The van der Waals surface area contributed by atoms with Crippen molar-refractivity contribution < 1.29 is 18.9 Å². The van der Waals surface area contributed by atoms with Crippen LogP contribution in [0.5, 0.6) is 0 Å². The molecule has 3 fully saturated rings. The van der Waals surface area contributed by atoms with Gasteiger partial charge in [0.2, 0.25) is 0 Å². The third-order valence-corrected chi connectivity index (χ3v) is 5.78. The Morgan fingerprint density at radius 3 is 2.25 bits per heavy atom. The standard InChI is InChI=1S/C22H42N2O4/c1-19(2,3)25-15-17-22(28-20(4,5)6)13-16(14-24-11-9-23-10-12-24)26-18(22)21(7,8)27-17/h16-18,23H,9-15H2,1-8H3/t16-,17-,18?,22+/m1/s1. The highest BCUT2D eigenvalue weighted by Gasteiger charge is 2.67. The molecule has 0 saturated carbocycles. The van der Waals surface area contributed by atoms with E-state index in [1.807, 2.05) is 0 Å². The van der Waals surface area contributed by atoms with Gasteiger partial charge in [0, 0.05) is 39.1 Å². The summed E-state index contributed by atoms with van der Waals surface area (Å²) in [5.41, 5.74) is -1.38. The summed E-state index contributed by atoms with van der Waals surface area (Å²) < 4.78 is 26.1. The van der Waals surface area contributed by atoms with Gasteiger partial charge in [0.15, 0.2) is 0 Å². The molecule has 0 radical (unpaired) electrons. The van der Waals surface area contributed by atoms with Gasteiger partial charge in [0.1, 0.15) is 17.8 Å². The van der Waals surface area contributed by atoms with Crippen LogP contribution in [-0.4, -0.2) is 84.9 Å². The highest BCUT2D eigenvalue weighted by molar-refractivity contribution is 5.15. The third kappa shape index (κ3) is 5.08. The van der Waals surface area contributed by atoms with E-state index in [4.69, 9.17) is 18.9 Å². The Morgan fingerprint density at radius 1 is 1.04 bits per heavy atom. The fraction of sp³-hybridized carbons (Fsp3) is 1.00. The average Bonchev–Trinajstić information content (AvgIpc) is 2.97. The van der Waals surface area contributed by atoms with Crippen LogP contribution in [0.15, 0.2) is 0 Å². The predicted octanol–water partition coefficient (Wildman–Crippen LogP) is 2.60. The van der Waals surface area contributed by atoms with E-state index in [1.165, 1.54) is 0 Å². The van der Waals surface area contributed by atoms with Crippen LogP contribution in [0.3, 0.4) is 0 Å². The van der Waals surface area contributed by atoms with Crippen molar-refractivity contribution in [1.82, 2.24) is 10.2 Å². The summed E-state index contributed by atoms with van der Waals surface area (Å²) in [7, 11) is 0. The van der Waals surface area contributed by atoms with Crippen LogP contribution in [0.25, 0.3) is 0 Å². The van der Waals surface area contributed by atoms with Crippen molar-refractivity contribution in [3.8, 4) is 0 Å². The van der Waals surface area contributed by atoms with Gasteiger partial charge in [0.05, 0.1) is 29.5 Å². The Labute approximate surface area is 171 Å². The zero-order chi connectivity index (χ0) is 20.8. The van der Waals surface area contributed by atoms with E-state index in [1.54, 1.807) is 0 Å². The molecule has 0 amide bonds. The molecule has 3 saturated heterocycles. The van der Waals surface area contributed by atoms with E-state index >= 15 is 0 Å². The molecule has 3 heterocycles. The normalized spacial score (nSPS) is 36.6. The zero-order valence-electron chi connectivity index (χ0n) is 19.3. The first-order valence-electron chi connectivity index (χ1n) is 10.9. The minimum Gasteiger partial charge on any atom is -0.373 e. The molecule has 0 aromatic carbocycles. The summed E-state index contributed by atoms with van der Waals surface area (Å²) in [4.78, 5) is 2.50. The van der Waals surface area contributed by atoms with E-state index in [2.05, 4.69) is 65.6 Å². The lowest BCUT2D eigenvalue weighted by Gasteiger charge is -2.39. The molecule has 4 atom stereocenters. The fourth-order valence-corrected chi connectivity index (χ4v) is 4.92. The van der Waals surface area contributed by atoms with Gasteiger partial charge in [-0.05, 0) is 55.4 Å². The summed E-state index contributed by atoms with van der Waals surface area (Å²) in [5, 5.41) is 3.43. The van der Waals surface area contributed by atoms with Crippen LogP contribution < -0.4 is 5.32 Å². The number of fused-ring (bicyclic) bond motifs is 1. The van der Waals surface area contributed by atoms with E-state index in [0.717, 1.165) is 39.1 Å². The minimum atomic E-state index is -0.480. The van der Waals surface area contributed by atoms with Crippen molar-refractivity contribution in [1.29, 1.82) is 0 Å². The first-order chi connectivity index (χ1) is 12.8. The molecule has 164 valence electrons. The molecule has 6 nitrogen and oxygen atoms in total. The van der Waals surface area contributed by atoms with Gasteiger partial charge in [-0.25, -0.2) is 0 Å². The molecule has 6 heteroatoms. The van der Waals surface area contributed by atoms with Crippen molar-refractivity contribution in [3.05, 3.63) is 0 Å². The van der Waals surface area contributed by atoms with Crippen LogP contribution in [-0.2, 0) is 18.9 Å². The number of rotatable bonds is 5. The van der Waals surface area contributed by atoms with Crippen LogP contribution >= 0.6 is 0 Å². The number of hydrogen-bond donors (Lipinski definition) is 1. The van der Waals surface area contributed by atoms with Crippen LogP contribution in [0.2, 0.25) is 0 Å². The van der Waals surface area contributed by atoms with Crippen molar-refractivity contribution in [2.75, 3.05) is 39.3 Å². The molecule has 1 unspecified atom stereocenters. The number of nitrogens with one attached hydrogen (secondary N) is 1. The smallest absolute Gasteiger partial charge is 0.129 e. The molecule has 0 bridgehead atoms. The van der Waals surface area contributed by atoms with E-state index in [0.29, 0.717) is 6.61 Å². The van der Waals surface area contributed by atoms with Crippen LogP contribution in [0.4, 0.5) is 0 Å². The lowest BCUT2D eigenvalue weighted by molar-refractivity contribution is -0.186. The second-order valence-corrected chi connectivity index (χ2v) is 11.2. The van der Waals surface area contributed by atoms with Gasteiger partial charge >= 0.3 is 0 Å².